The first kappa shape index (κ1) is 25.7. The summed E-state index contributed by atoms with van der Waals surface area (Å²) in [4.78, 5) is 12.6. The fraction of sp³-hybridized carbons (Fsp3) is 0.409. The Balaban J connectivity index is 1.68. The summed E-state index contributed by atoms with van der Waals surface area (Å²) in [5.74, 6) is -0.519. The Bertz CT molecular complexity index is 1090. The van der Waals surface area contributed by atoms with Gasteiger partial charge in [-0.2, -0.15) is 0 Å². The number of carbonyl (C=O) groups is 1. The van der Waals surface area contributed by atoms with Crippen molar-refractivity contribution in [2.75, 3.05) is 18.8 Å². The van der Waals surface area contributed by atoms with Gasteiger partial charge >= 0.3 is 5.97 Å². The molecule has 0 fully saturated rings. The maximum Gasteiger partial charge on any atom is 0.307 e. The number of carboxylic acid groups (broad SMARTS) is 1. The molecule has 2 aromatic rings. The van der Waals surface area contributed by atoms with Crippen molar-refractivity contribution in [1.29, 1.82) is 0 Å². The lowest BCUT2D eigenvalue weighted by Gasteiger charge is -2.27. The number of halogens is 2. The van der Waals surface area contributed by atoms with Crippen LogP contribution in [-0.2, 0) is 21.2 Å². The molecule has 0 spiro atoms. The van der Waals surface area contributed by atoms with E-state index in [-0.39, 0.29) is 12.3 Å². The van der Waals surface area contributed by atoms with E-state index in [4.69, 9.17) is 28.3 Å². The summed E-state index contributed by atoms with van der Waals surface area (Å²) in [5.41, 5.74) is 1.61. The zero-order valence-corrected chi connectivity index (χ0v) is 21.7. The van der Waals surface area contributed by atoms with Gasteiger partial charge in [0.2, 0.25) is 10.0 Å². The predicted octanol–water partition coefficient (Wildman–Crippen LogP) is 5.99. The molecule has 5 nitrogen and oxygen atoms in total. The highest BCUT2D eigenvalue weighted by Crippen LogP contribution is 2.49. The second-order valence-corrected chi connectivity index (χ2v) is 13.1. The van der Waals surface area contributed by atoms with E-state index in [1.54, 1.807) is 28.6 Å². The molecule has 2 aromatic carbocycles. The smallest absolute Gasteiger partial charge is 0.307 e. The summed E-state index contributed by atoms with van der Waals surface area (Å²) in [6.07, 6.45) is 0.636. The van der Waals surface area contributed by atoms with Crippen molar-refractivity contribution in [1.82, 2.24) is 4.31 Å². The maximum absolute atomic E-state index is 13.5. The molecule has 1 N–H and O–H groups in total. The number of benzene rings is 2. The summed E-state index contributed by atoms with van der Waals surface area (Å²) in [6.45, 7) is 4.73. The highest BCUT2D eigenvalue weighted by molar-refractivity contribution is 8.13. The van der Waals surface area contributed by atoms with Gasteiger partial charge in [0.05, 0.1) is 11.4 Å². The second-order valence-electron chi connectivity index (χ2n) is 7.58. The molecule has 1 aliphatic rings. The Labute approximate surface area is 207 Å². The summed E-state index contributed by atoms with van der Waals surface area (Å²) < 4.78 is 28.0. The molecule has 0 saturated heterocycles. The zero-order chi connectivity index (χ0) is 23.5. The van der Waals surface area contributed by atoms with Gasteiger partial charge in [-0.3, -0.25) is 4.79 Å². The highest BCUT2D eigenvalue weighted by Gasteiger charge is 2.42. The van der Waals surface area contributed by atoms with Crippen molar-refractivity contribution in [3.8, 4) is 0 Å². The van der Waals surface area contributed by atoms with Crippen LogP contribution in [0.3, 0.4) is 0 Å². The third kappa shape index (κ3) is 5.96. The first-order valence-corrected chi connectivity index (χ1v) is 14.3. The van der Waals surface area contributed by atoms with Crippen molar-refractivity contribution in [2.45, 2.75) is 47.0 Å². The molecule has 0 saturated carbocycles. The summed E-state index contributed by atoms with van der Waals surface area (Å²) in [5, 5.41) is 10.0. The van der Waals surface area contributed by atoms with Gasteiger partial charge in [0.15, 0.2) is 0 Å². The Morgan fingerprint density at radius 2 is 1.94 bits per heavy atom. The fourth-order valence-corrected chi connectivity index (χ4v) is 9.23. The Hall–Kier alpha value is -0.900. The molecule has 2 atom stereocenters. The van der Waals surface area contributed by atoms with E-state index in [9.17, 15) is 13.2 Å². The first-order chi connectivity index (χ1) is 15.1. The van der Waals surface area contributed by atoms with Gasteiger partial charge in [-0.25, -0.2) is 12.7 Å². The molecule has 32 heavy (non-hydrogen) atoms. The molecule has 10 heteroatoms. The van der Waals surface area contributed by atoms with Crippen molar-refractivity contribution in [3.63, 3.8) is 0 Å². The van der Waals surface area contributed by atoms with Crippen molar-refractivity contribution in [3.05, 3.63) is 57.6 Å². The van der Waals surface area contributed by atoms with Gasteiger partial charge in [0, 0.05) is 39.6 Å². The van der Waals surface area contributed by atoms with Gasteiger partial charge < -0.3 is 5.11 Å². The van der Waals surface area contributed by atoms with Crippen LogP contribution in [0.4, 0.5) is 0 Å². The van der Waals surface area contributed by atoms with Crippen molar-refractivity contribution < 1.29 is 18.3 Å². The largest absolute Gasteiger partial charge is 0.481 e. The number of rotatable bonds is 10. The maximum atomic E-state index is 13.5. The Morgan fingerprint density at radius 1 is 1.19 bits per heavy atom. The van der Waals surface area contributed by atoms with Crippen LogP contribution in [0.25, 0.3) is 0 Å². The number of aliphatic carboxylic acids is 1. The van der Waals surface area contributed by atoms with E-state index in [2.05, 4.69) is 0 Å². The number of carboxylic acids is 1. The lowest BCUT2D eigenvalue weighted by atomic mass is 10.0. The number of hydrogen-bond donors (Lipinski definition) is 1. The van der Waals surface area contributed by atoms with Gasteiger partial charge in [0.25, 0.3) is 0 Å². The molecular formula is C22H25Cl2NO4S3. The monoisotopic (exact) mass is 533 g/mol. The molecule has 1 aliphatic heterocycles. The lowest BCUT2D eigenvalue weighted by Crippen LogP contribution is -2.40. The molecule has 1 heterocycles. The van der Waals surface area contributed by atoms with Crippen LogP contribution in [0.5, 0.6) is 0 Å². The van der Waals surface area contributed by atoms with Crippen LogP contribution in [0, 0.1) is 0 Å². The van der Waals surface area contributed by atoms with E-state index in [1.165, 1.54) is 23.5 Å². The number of hydrogen-bond acceptors (Lipinski definition) is 5. The van der Waals surface area contributed by atoms with Crippen LogP contribution in [0.15, 0.2) is 46.2 Å². The van der Waals surface area contributed by atoms with Crippen molar-refractivity contribution in [2.24, 2.45) is 0 Å². The Morgan fingerprint density at radius 3 is 2.59 bits per heavy atom. The van der Waals surface area contributed by atoms with Gasteiger partial charge in [-0.05, 0) is 47.9 Å². The average Bonchev–Trinajstić information content (AvgIpc) is 3.05. The summed E-state index contributed by atoms with van der Waals surface area (Å²) in [6, 6.07) is 10.7. The molecule has 2 unspecified atom stereocenters. The predicted molar refractivity (Wildman–Crippen MR) is 134 cm³/mol. The summed E-state index contributed by atoms with van der Waals surface area (Å²) in [7, 11) is -3.54. The van der Waals surface area contributed by atoms with Crippen LogP contribution in [0.1, 0.15) is 37.3 Å². The van der Waals surface area contributed by atoms with Crippen LogP contribution in [0.2, 0.25) is 10.0 Å². The third-order valence-corrected chi connectivity index (χ3v) is 11.3. The highest BCUT2D eigenvalue weighted by atomic mass is 35.5. The number of nitrogens with zero attached hydrogens (tertiary/aromatic N) is 1. The topological polar surface area (TPSA) is 74.7 Å². The van der Waals surface area contributed by atoms with E-state index in [0.717, 1.165) is 21.8 Å². The molecular weight excluding hydrogens is 509 g/mol. The van der Waals surface area contributed by atoms with Gasteiger partial charge in [-0.1, -0.05) is 43.1 Å². The normalized spacial score (nSPS) is 18.2. The van der Waals surface area contributed by atoms with E-state index in [0.29, 0.717) is 34.5 Å². The average molecular weight is 535 g/mol. The van der Waals surface area contributed by atoms with E-state index < -0.39 is 20.6 Å². The van der Waals surface area contributed by atoms with Crippen LogP contribution < -0.4 is 0 Å². The number of thioether (sulfide) groups is 2. The second kappa shape index (κ2) is 11.0. The molecule has 0 bridgehead atoms. The minimum Gasteiger partial charge on any atom is -0.481 e. The lowest BCUT2D eigenvalue weighted by molar-refractivity contribution is -0.136. The summed E-state index contributed by atoms with van der Waals surface area (Å²) >= 11 is 15.3. The number of fused-ring (bicyclic) bond motifs is 1. The molecule has 0 aromatic heterocycles. The van der Waals surface area contributed by atoms with Gasteiger partial charge in [0.1, 0.15) is 4.58 Å². The zero-order valence-electron chi connectivity index (χ0n) is 17.8. The quantitative estimate of drug-likeness (QED) is 0.378. The minimum absolute atomic E-state index is 0.0853. The van der Waals surface area contributed by atoms with E-state index in [1.807, 2.05) is 26.0 Å². The SMILES string of the molecule is CCCN(CCSc1ccc(CC(=O)O)cc1Cl)S(=O)(=O)C1Sc2ccc(Cl)cc2C1C. The molecule has 174 valence electrons. The van der Waals surface area contributed by atoms with Crippen LogP contribution >= 0.6 is 46.7 Å². The Kier molecular flexibility index (Phi) is 8.85. The van der Waals surface area contributed by atoms with Crippen molar-refractivity contribution >= 4 is 62.7 Å². The van der Waals surface area contributed by atoms with E-state index >= 15 is 0 Å². The minimum atomic E-state index is -3.54. The third-order valence-electron chi connectivity index (χ3n) is 5.19. The molecule has 3 rings (SSSR count). The molecule has 0 amide bonds. The fourth-order valence-electron chi connectivity index (χ4n) is 3.64. The first-order valence-electron chi connectivity index (χ1n) is 10.2. The number of sulfonamides is 1. The van der Waals surface area contributed by atoms with Crippen LogP contribution in [-0.4, -0.2) is 47.2 Å². The van der Waals surface area contributed by atoms with Gasteiger partial charge in [-0.15, -0.1) is 23.5 Å². The molecule has 0 radical (unpaired) electrons. The standard InChI is InChI=1S/C22H25Cl2NO4S3/c1-3-8-25(9-10-30-20-6-4-15(11-18(20)24)12-21(26)27)32(28,29)22-14(2)17-13-16(23)5-7-19(17)31-22/h4-7,11,13-14,22H,3,8-10,12H2,1-2H3,(H,26,27). The molecule has 0 aliphatic carbocycles.